The average Bonchev–Trinajstić information content (AvgIpc) is 2.15. The molecular formula is C14H20BrCl. The highest BCUT2D eigenvalue weighted by Crippen LogP contribution is 2.34. The Bertz CT molecular complexity index is 375. The van der Waals surface area contributed by atoms with E-state index < -0.39 is 0 Å². The molecule has 1 aromatic carbocycles. The Morgan fingerprint density at radius 3 is 2.19 bits per heavy atom. The first-order chi connectivity index (χ1) is 7.27. The van der Waals surface area contributed by atoms with Gasteiger partial charge < -0.3 is 0 Å². The lowest BCUT2D eigenvalue weighted by molar-refractivity contribution is 0.584. The van der Waals surface area contributed by atoms with Gasteiger partial charge in [-0.3, -0.25) is 0 Å². The fourth-order valence-electron chi connectivity index (χ4n) is 1.89. The summed E-state index contributed by atoms with van der Waals surface area (Å²) in [6.07, 6.45) is 0. The number of rotatable bonds is 2. The van der Waals surface area contributed by atoms with E-state index in [-0.39, 0.29) is 5.41 Å². The summed E-state index contributed by atoms with van der Waals surface area (Å²) >= 11 is 9.71. The first-order valence-corrected chi connectivity index (χ1v) is 6.99. The fraction of sp³-hybridized carbons (Fsp3) is 0.571. The van der Waals surface area contributed by atoms with Crippen molar-refractivity contribution in [1.82, 2.24) is 0 Å². The zero-order valence-corrected chi connectivity index (χ0v) is 13.0. The highest BCUT2D eigenvalue weighted by Gasteiger charge is 2.20. The Hall–Kier alpha value is -0.0100. The Labute approximate surface area is 113 Å². The number of benzene rings is 1. The van der Waals surface area contributed by atoms with Crippen molar-refractivity contribution in [1.29, 1.82) is 0 Å². The minimum absolute atomic E-state index is 0.141. The summed E-state index contributed by atoms with van der Waals surface area (Å²) in [6.45, 7) is 11.1. The molecule has 1 aromatic rings. The molecule has 0 atom stereocenters. The second-order valence-corrected chi connectivity index (χ2v) is 6.69. The SMILES string of the molecule is CC(C)c1cc(CCl)c(C(C)(C)C)cc1Br. The molecule has 0 N–H and O–H groups in total. The van der Waals surface area contributed by atoms with Gasteiger partial charge in [-0.25, -0.2) is 0 Å². The third-order valence-electron chi connectivity index (χ3n) is 2.80. The van der Waals surface area contributed by atoms with Crippen LogP contribution in [0.1, 0.15) is 57.2 Å². The topological polar surface area (TPSA) is 0 Å². The van der Waals surface area contributed by atoms with E-state index >= 15 is 0 Å². The minimum atomic E-state index is 0.141. The Kier molecular flexibility index (Phi) is 4.48. The van der Waals surface area contributed by atoms with Crippen LogP contribution < -0.4 is 0 Å². The molecule has 0 nitrogen and oxygen atoms in total. The second kappa shape index (κ2) is 5.10. The van der Waals surface area contributed by atoms with Gasteiger partial charge in [-0.05, 0) is 34.1 Å². The van der Waals surface area contributed by atoms with Gasteiger partial charge in [0, 0.05) is 10.4 Å². The van der Waals surface area contributed by atoms with Gasteiger partial charge in [0.25, 0.3) is 0 Å². The van der Waals surface area contributed by atoms with Crippen molar-refractivity contribution in [2.24, 2.45) is 0 Å². The van der Waals surface area contributed by atoms with E-state index in [4.69, 9.17) is 11.6 Å². The maximum atomic E-state index is 6.05. The van der Waals surface area contributed by atoms with E-state index in [1.54, 1.807) is 0 Å². The monoisotopic (exact) mass is 302 g/mol. The maximum absolute atomic E-state index is 6.05. The zero-order chi connectivity index (χ0) is 12.5. The minimum Gasteiger partial charge on any atom is -0.122 e. The highest BCUT2D eigenvalue weighted by atomic mass is 79.9. The molecule has 0 radical (unpaired) electrons. The first kappa shape index (κ1) is 14.1. The van der Waals surface area contributed by atoms with Gasteiger partial charge in [-0.2, -0.15) is 0 Å². The van der Waals surface area contributed by atoms with E-state index in [2.05, 4.69) is 62.7 Å². The van der Waals surface area contributed by atoms with Crippen LogP contribution in [0, 0.1) is 0 Å². The number of alkyl halides is 1. The third-order valence-corrected chi connectivity index (χ3v) is 3.77. The van der Waals surface area contributed by atoms with Gasteiger partial charge in [0.15, 0.2) is 0 Å². The molecule has 0 aliphatic carbocycles. The summed E-state index contributed by atoms with van der Waals surface area (Å²) in [4.78, 5) is 0. The maximum Gasteiger partial charge on any atom is 0.0477 e. The van der Waals surface area contributed by atoms with Crippen LogP contribution in [0.2, 0.25) is 0 Å². The molecule has 0 bridgehead atoms. The van der Waals surface area contributed by atoms with Crippen LogP contribution >= 0.6 is 27.5 Å². The van der Waals surface area contributed by atoms with Crippen LogP contribution in [0.3, 0.4) is 0 Å². The van der Waals surface area contributed by atoms with Gasteiger partial charge in [0.2, 0.25) is 0 Å². The smallest absolute Gasteiger partial charge is 0.0477 e. The molecule has 0 amide bonds. The van der Waals surface area contributed by atoms with Crippen molar-refractivity contribution in [3.63, 3.8) is 0 Å². The van der Waals surface area contributed by atoms with Crippen molar-refractivity contribution in [3.8, 4) is 0 Å². The predicted molar refractivity (Wildman–Crippen MR) is 76.5 cm³/mol. The Morgan fingerprint density at radius 1 is 1.25 bits per heavy atom. The lowest BCUT2D eigenvalue weighted by Crippen LogP contribution is -2.14. The van der Waals surface area contributed by atoms with Crippen LogP contribution in [-0.2, 0) is 11.3 Å². The summed E-state index contributed by atoms with van der Waals surface area (Å²) in [5.41, 5.74) is 4.06. The molecule has 0 unspecified atom stereocenters. The largest absolute Gasteiger partial charge is 0.122 e. The fourth-order valence-corrected chi connectivity index (χ4v) is 2.91. The Morgan fingerprint density at radius 2 is 1.81 bits per heavy atom. The second-order valence-electron chi connectivity index (χ2n) is 5.57. The lowest BCUT2D eigenvalue weighted by Gasteiger charge is -2.24. The van der Waals surface area contributed by atoms with Crippen molar-refractivity contribution in [3.05, 3.63) is 33.3 Å². The van der Waals surface area contributed by atoms with Gasteiger partial charge in [0.1, 0.15) is 0 Å². The average molecular weight is 304 g/mol. The summed E-state index contributed by atoms with van der Waals surface area (Å²) in [5, 5.41) is 0. The molecule has 0 spiro atoms. The molecule has 1 rings (SSSR count). The molecule has 16 heavy (non-hydrogen) atoms. The van der Waals surface area contributed by atoms with Crippen LogP contribution in [0.15, 0.2) is 16.6 Å². The number of hydrogen-bond donors (Lipinski definition) is 0. The standard InChI is InChI=1S/C14H20BrCl/c1-9(2)11-6-10(8-16)12(7-13(11)15)14(3,4)5/h6-7,9H,8H2,1-5H3. The number of hydrogen-bond acceptors (Lipinski definition) is 0. The summed E-state index contributed by atoms with van der Waals surface area (Å²) in [6, 6.07) is 4.47. The van der Waals surface area contributed by atoms with E-state index in [1.165, 1.54) is 21.2 Å². The van der Waals surface area contributed by atoms with E-state index in [1.807, 2.05) is 0 Å². The van der Waals surface area contributed by atoms with Gasteiger partial charge in [0.05, 0.1) is 0 Å². The normalized spacial score (nSPS) is 12.2. The highest BCUT2D eigenvalue weighted by molar-refractivity contribution is 9.10. The summed E-state index contributed by atoms with van der Waals surface area (Å²) < 4.78 is 1.20. The van der Waals surface area contributed by atoms with Crippen LogP contribution in [0.4, 0.5) is 0 Å². The van der Waals surface area contributed by atoms with Crippen molar-refractivity contribution in [2.45, 2.75) is 51.8 Å². The van der Waals surface area contributed by atoms with E-state index in [0.29, 0.717) is 11.8 Å². The molecule has 0 aromatic heterocycles. The van der Waals surface area contributed by atoms with E-state index in [0.717, 1.165) is 0 Å². The molecule has 0 fully saturated rings. The molecule has 2 heteroatoms. The van der Waals surface area contributed by atoms with Crippen LogP contribution in [0.5, 0.6) is 0 Å². The molecule has 90 valence electrons. The molecule has 0 saturated carbocycles. The third kappa shape index (κ3) is 3.01. The predicted octanol–water partition coefficient (Wildman–Crippen LogP) is 5.61. The van der Waals surface area contributed by atoms with Gasteiger partial charge >= 0.3 is 0 Å². The van der Waals surface area contributed by atoms with Crippen LogP contribution in [-0.4, -0.2) is 0 Å². The summed E-state index contributed by atoms with van der Waals surface area (Å²) in [5.74, 6) is 1.10. The molecule has 0 aliphatic heterocycles. The summed E-state index contributed by atoms with van der Waals surface area (Å²) in [7, 11) is 0. The molecular weight excluding hydrogens is 284 g/mol. The molecule has 0 aliphatic rings. The van der Waals surface area contributed by atoms with E-state index in [9.17, 15) is 0 Å². The van der Waals surface area contributed by atoms with Crippen molar-refractivity contribution >= 4 is 27.5 Å². The quantitative estimate of drug-likeness (QED) is 0.623. The lowest BCUT2D eigenvalue weighted by atomic mass is 9.82. The molecule has 0 saturated heterocycles. The first-order valence-electron chi connectivity index (χ1n) is 5.66. The van der Waals surface area contributed by atoms with Crippen LogP contribution in [0.25, 0.3) is 0 Å². The molecule has 0 heterocycles. The van der Waals surface area contributed by atoms with Crippen molar-refractivity contribution in [2.75, 3.05) is 0 Å². The zero-order valence-electron chi connectivity index (χ0n) is 10.7. The van der Waals surface area contributed by atoms with Gasteiger partial charge in [-0.15, -0.1) is 11.6 Å². The van der Waals surface area contributed by atoms with Crippen molar-refractivity contribution < 1.29 is 0 Å². The van der Waals surface area contributed by atoms with Gasteiger partial charge in [-0.1, -0.05) is 56.6 Å². The number of halogens is 2. The Balaban J connectivity index is 3.38.